The van der Waals surface area contributed by atoms with Crippen LogP contribution in [-0.2, 0) is 0 Å². The largest absolute Gasteiger partial charge is 0.396 e. The summed E-state index contributed by atoms with van der Waals surface area (Å²) in [6, 6.07) is 8.27. The lowest BCUT2D eigenvalue weighted by molar-refractivity contribution is 0.0806. The van der Waals surface area contributed by atoms with Crippen LogP contribution in [0.3, 0.4) is 0 Å². The Bertz CT molecular complexity index is 491. The molecule has 2 rings (SSSR count). The van der Waals surface area contributed by atoms with Crippen LogP contribution in [0.2, 0.25) is 0 Å². The second-order valence-corrected chi connectivity index (χ2v) is 5.60. The fourth-order valence-electron chi connectivity index (χ4n) is 1.55. The lowest BCUT2D eigenvalue weighted by Crippen LogP contribution is -2.33. The van der Waals surface area contributed by atoms with Crippen molar-refractivity contribution in [3.05, 3.63) is 29.6 Å². The van der Waals surface area contributed by atoms with E-state index in [0.29, 0.717) is 6.54 Å². The number of aliphatic hydroxyl groups is 2. The van der Waals surface area contributed by atoms with Crippen molar-refractivity contribution in [3.8, 4) is 0 Å². The minimum Gasteiger partial charge on any atom is -0.396 e. The lowest BCUT2D eigenvalue weighted by Gasteiger charge is -2.25. The molecule has 0 amide bonds. The number of nitrogens with one attached hydrogen (secondary N) is 1. The highest BCUT2D eigenvalue weighted by atomic mass is 32.1. The van der Waals surface area contributed by atoms with E-state index in [1.165, 1.54) is 10.1 Å². The van der Waals surface area contributed by atoms with E-state index in [-0.39, 0.29) is 13.2 Å². The first-order chi connectivity index (χ1) is 8.17. The van der Waals surface area contributed by atoms with E-state index in [4.69, 9.17) is 0 Å². The third-order valence-corrected chi connectivity index (χ3v) is 3.83. The highest BCUT2D eigenvalue weighted by Crippen LogP contribution is 2.25. The molecule has 0 aliphatic rings. The Labute approximate surface area is 105 Å². The number of anilines is 1. The maximum Gasteiger partial charge on any atom is 0.0523 e. The van der Waals surface area contributed by atoms with Crippen LogP contribution >= 0.6 is 11.3 Å². The standard InChI is InChI=1S/C13H17NO2S/c1-13(8-15,9-16)7-14-11-2-3-12-10(6-11)4-5-17-12/h2-6,14-16H,7-9H2,1H3. The van der Waals surface area contributed by atoms with Crippen LogP contribution in [0.15, 0.2) is 29.6 Å². The second-order valence-electron chi connectivity index (χ2n) is 4.65. The van der Waals surface area contributed by atoms with Crippen LogP contribution in [-0.4, -0.2) is 30.0 Å². The Morgan fingerprint density at radius 2 is 2.00 bits per heavy atom. The van der Waals surface area contributed by atoms with Gasteiger partial charge < -0.3 is 15.5 Å². The zero-order chi connectivity index (χ0) is 12.3. The Morgan fingerprint density at radius 1 is 1.24 bits per heavy atom. The molecule has 2 aromatic rings. The lowest BCUT2D eigenvalue weighted by atomic mass is 9.93. The van der Waals surface area contributed by atoms with E-state index in [1.54, 1.807) is 11.3 Å². The number of hydrogen-bond donors (Lipinski definition) is 3. The highest BCUT2D eigenvalue weighted by Gasteiger charge is 2.21. The Hall–Kier alpha value is -1.10. The van der Waals surface area contributed by atoms with Gasteiger partial charge >= 0.3 is 0 Å². The quantitative estimate of drug-likeness (QED) is 0.764. The summed E-state index contributed by atoms with van der Waals surface area (Å²) in [5.74, 6) is 0. The molecule has 1 aromatic carbocycles. The van der Waals surface area contributed by atoms with Gasteiger partial charge in [0.15, 0.2) is 0 Å². The first-order valence-corrected chi connectivity index (χ1v) is 6.48. The fourth-order valence-corrected chi connectivity index (χ4v) is 2.32. The molecule has 92 valence electrons. The van der Waals surface area contributed by atoms with E-state index < -0.39 is 5.41 Å². The Balaban J connectivity index is 2.08. The molecule has 0 spiro atoms. The molecule has 0 saturated carbocycles. The topological polar surface area (TPSA) is 52.5 Å². The highest BCUT2D eigenvalue weighted by molar-refractivity contribution is 7.17. The van der Waals surface area contributed by atoms with Crippen LogP contribution in [0.25, 0.3) is 10.1 Å². The smallest absolute Gasteiger partial charge is 0.0523 e. The SMILES string of the molecule is CC(CO)(CO)CNc1ccc2sccc2c1. The minimum atomic E-state index is -0.483. The molecule has 3 N–H and O–H groups in total. The maximum atomic E-state index is 9.20. The summed E-state index contributed by atoms with van der Waals surface area (Å²) in [6.45, 7) is 2.34. The molecular weight excluding hydrogens is 234 g/mol. The van der Waals surface area contributed by atoms with Crippen LogP contribution < -0.4 is 5.32 Å². The van der Waals surface area contributed by atoms with E-state index >= 15 is 0 Å². The number of rotatable bonds is 5. The van der Waals surface area contributed by atoms with Crippen LogP contribution in [0.5, 0.6) is 0 Å². The summed E-state index contributed by atoms with van der Waals surface area (Å²) in [6.07, 6.45) is 0. The molecular formula is C13H17NO2S. The molecule has 1 heterocycles. The van der Waals surface area contributed by atoms with E-state index in [9.17, 15) is 10.2 Å². The maximum absolute atomic E-state index is 9.20. The van der Waals surface area contributed by atoms with Gasteiger partial charge in [-0.05, 0) is 35.0 Å². The van der Waals surface area contributed by atoms with Gasteiger partial charge in [0, 0.05) is 22.3 Å². The zero-order valence-corrected chi connectivity index (χ0v) is 10.6. The van der Waals surface area contributed by atoms with Gasteiger partial charge in [-0.25, -0.2) is 0 Å². The van der Waals surface area contributed by atoms with Crippen molar-refractivity contribution in [1.29, 1.82) is 0 Å². The Morgan fingerprint density at radius 3 is 2.71 bits per heavy atom. The van der Waals surface area contributed by atoms with Gasteiger partial charge in [0.05, 0.1) is 13.2 Å². The summed E-state index contributed by atoms with van der Waals surface area (Å²) in [5, 5.41) is 24.9. The van der Waals surface area contributed by atoms with Crippen molar-refractivity contribution in [3.63, 3.8) is 0 Å². The van der Waals surface area contributed by atoms with Gasteiger partial charge in [0.25, 0.3) is 0 Å². The van der Waals surface area contributed by atoms with Crippen molar-refractivity contribution >= 4 is 27.1 Å². The number of fused-ring (bicyclic) bond motifs is 1. The molecule has 3 nitrogen and oxygen atoms in total. The normalized spacial score (nSPS) is 11.9. The monoisotopic (exact) mass is 251 g/mol. The van der Waals surface area contributed by atoms with Gasteiger partial charge in [-0.2, -0.15) is 0 Å². The molecule has 0 radical (unpaired) electrons. The number of aliphatic hydroxyl groups excluding tert-OH is 2. The van der Waals surface area contributed by atoms with E-state index in [0.717, 1.165) is 5.69 Å². The first-order valence-electron chi connectivity index (χ1n) is 5.60. The van der Waals surface area contributed by atoms with Gasteiger partial charge in [0.2, 0.25) is 0 Å². The third-order valence-electron chi connectivity index (χ3n) is 2.94. The minimum absolute atomic E-state index is 0.0306. The average molecular weight is 251 g/mol. The first kappa shape index (κ1) is 12.4. The zero-order valence-electron chi connectivity index (χ0n) is 9.81. The van der Waals surface area contributed by atoms with Crippen molar-refractivity contribution in [2.75, 3.05) is 25.1 Å². The summed E-state index contributed by atoms with van der Waals surface area (Å²) in [7, 11) is 0. The van der Waals surface area contributed by atoms with Crippen LogP contribution in [0.4, 0.5) is 5.69 Å². The molecule has 0 unspecified atom stereocenters. The molecule has 4 heteroatoms. The second kappa shape index (κ2) is 5.04. The molecule has 0 aliphatic carbocycles. The molecule has 0 atom stereocenters. The molecule has 1 aromatic heterocycles. The van der Waals surface area contributed by atoms with Gasteiger partial charge in [-0.15, -0.1) is 11.3 Å². The summed E-state index contributed by atoms with van der Waals surface area (Å²) < 4.78 is 1.27. The summed E-state index contributed by atoms with van der Waals surface area (Å²) >= 11 is 1.72. The average Bonchev–Trinajstić information content (AvgIpc) is 2.83. The molecule has 0 bridgehead atoms. The fraction of sp³-hybridized carbons (Fsp3) is 0.385. The predicted octanol–water partition coefficient (Wildman–Crippen LogP) is 2.30. The molecule has 17 heavy (non-hydrogen) atoms. The van der Waals surface area contributed by atoms with Crippen LogP contribution in [0.1, 0.15) is 6.92 Å². The summed E-state index contributed by atoms with van der Waals surface area (Å²) in [5.41, 5.74) is 0.535. The van der Waals surface area contributed by atoms with Gasteiger partial charge in [-0.1, -0.05) is 6.92 Å². The van der Waals surface area contributed by atoms with Gasteiger partial charge in [0.1, 0.15) is 0 Å². The van der Waals surface area contributed by atoms with Crippen LogP contribution in [0, 0.1) is 5.41 Å². The third kappa shape index (κ3) is 2.77. The van der Waals surface area contributed by atoms with Crippen molar-refractivity contribution < 1.29 is 10.2 Å². The van der Waals surface area contributed by atoms with Gasteiger partial charge in [-0.3, -0.25) is 0 Å². The van der Waals surface area contributed by atoms with Crippen molar-refractivity contribution in [2.24, 2.45) is 5.41 Å². The van der Waals surface area contributed by atoms with Crippen molar-refractivity contribution in [1.82, 2.24) is 0 Å². The number of benzene rings is 1. The van der Waals surface area contributed by atoms with Crippen molar-refractivity contribution in [2.45, 2.75) is 6.92 Å². The molecule has 0 aliphatic heterocycles. The molecule has 0 fully saturated rings. The number of thiophene rings is 1. The molecule has 0 saturated heterocycles. The summed E-state index contributed by atoms with van der Waals surface area (Å²) in [4.78, 5) is 0. The van der Waals surface area contributed by atoms with E-state index in [1.807, 2.05) is 13.0 Å². The predicted molar refractivity (Wildman–Crippen MR) is 72.6 cm³/mol. The number of hydrogen-bond acceptors (Lipinski definition) is 4. The van der Waals surface area contributed by atoms with E-state index in [2.05, 4.69) is 28.9 Å². The Kier molecular flexibility index (Phi) is 3.66.